The molecule has 0 radical (unpaired) electrons. The zero-order chi connectivity index (χ0) is 12.8. The van der Waals surface area contributed by atoms with Crippen LogP contribution in [0.4, 0.5) is 0 Å². The van der Waals surface area contributed by atoms with Gasteiger partial charge in [-0.1, -0.05) is 6.92 Å². The monoisotopic (exact) mass is 244 g/mol. The Hall–Kier alpha value is -1.40. The highest BCUT2D eigenvalue weighted by Gasteiger charge is 2.26. The van der Waals surface area contributed by atoms with E-state index in [4.69, 9.17) is 4.74 Å². The zero-order valence-electron chi connectivity index (χ0n) is 9.59. The minimum absolute atomic E-state index is 0.0417. The lowest BCUT2D eigenvalue weighted by Crippen LogP contribution is -2.33. The van der Waals surface area contributed by atoms with Gasteiger partial charge in [0.2, 0.25) is 0 Å². The lowest BCUT2D eigenvalue weighted by molar-refractivity contribution is -0.148. The molecule has 2 N–H and O–H groups in total. The highest BCUT2D eigenvalue weighted by atomic mass is 16.5. The average molecular weight is 244 g/mol. The molecule has 0 aliphatic carbocycles. The summed E-state index contributed by atoms with van der Waals surface area (Å²) in [6, 6.07) is 0. The molecule has 6 nitrogen and oxygen atoms in total. The van der Waals surface area contributed by atoms with E-state index in [1.165, 1.54) is 0 Å². The largest absolute Gasteiger partial charge is 0.463 e. The number of rotatable bonds is 6. The Kier molecular flexibility index (Phi) is 5.11. The summed E-state index contributed by atoms with van der Waals surface area (Å²) >= 11 is 0. The van der Waals surface area contributed by atoms with Gasteiger partial charge in [0.05, 0.1) is 0 Å². The first-order valence-electron chi connectivity index (χ1n) is 5.43. The van der Waals surface area contributed by atoms with Gasteiger partial charge in [-0.3, -0.25) is 4.79 Å². The number of esters is 2. The zero-order valence-corrected chi connectivity index (χ0v) is 9.59. The van der Waals surface area contributed by atoms with Crippen molar-refractivity contribution in [3.05, 3.63) is 11.6 Å². The SMILES string of the molecule is CCCC(=O)OC[C@@H](O)[C@H](O)C1=CC(=O)OC1. The summed E-state index contributed by atoms with van der Waals surface area (Å²) in [5.74, 6) is -0.972. The number of aliphatic hydroxyl groups is 2. The molecule has 1 aliphatic rings. The van der Waals surface area contributed by atoms with E-state index >= 15 is 0 Å². The van der Waals surface area contributed by atoms with Gasteiger partial charge in [-0.25, -0.2) is 4.79 Å². The Morgan fingerprint density at radius 1 is 1.59 bits per heavy atom. The van der Waals surface area contributed by atoms with Gasteiger partial charge in [-0.2, -0.15) is 0 Å². The van der Waals surface area contributed by atoms with E-state index < -0.39 is 24.1 Å². The molecule has 17 heavy (non-hydrogen) atoms. The van der Waals surface area contributed by atoms with Crippen molar-refractivity contribution >= 4 is 11.9 Å². The predicted octanol–water partition coefficient (Wildman–Crippen LogP) is -0.465. The molecule has 1 aliphatic heterocycles. The van der Waals surface area contributed by atoms with E-state index in [9.17, 15) is 19.8 Å². The average Bonchev–Trinajstić information content (AvgIpc) is 2.72. The quantitative estimate of drug-likeness (QED) is 0.614. The minimum Gasteiger partial charge on any atom is -0.463 e. The topological polar surface area (TPSA) is 93.1 Å². The van der Waals surface area contributed by atoms with Crippen molar-refractivity contribution in [2.45, 2.75) is 32.0 Å². The van der Waals surface area contributed by atoms with Crippen LogP contribution in [-0.4, -0.2) is 47.6 Å². The molecule has 0 bridgehead atoms. The third kappa shape index (κ3) is 4.16. The van der Waals surface area contributed by atoms with Crippen LogP contribution in [-0.2, 0) is 19.1 Å². The fourth-order valence-corrected chi connectivity index (χ4v) is 1.35. The highest BCUT2D eigenvalue weighted by molar-refractivity contribution is 5.85. The van der Waals surface area contributed by atoms with Gasteiger partial charge in [0.25, 0.3) is 0 Å². The standard InChI is InChI=1S/C11H16O6/c1-2-3-9(13)17-6-8(12)11(15)7-4-10(14)16-5-7/h4,8,11-12,15H,2-3,5-6H2,1H3/t8-,11-/m1/s1. The number of aliphatic hydroxyl groups excluding tert-OH is 2. The molecule has 0 saturated heterocycles. The van der Waals surface area contributed by atoms with Gasteiger partial charge in [0.15, 0.2) is 0 Å². The highest BCUT2D eigenvalue weighted by Crippen LogP contribution is 2.14. The fraction of sp³-hybridized carbons (Fsp3) is 0.636. The molecule has 0 saturated carbocycles. The van der Waals surface area contributed by atoms with Crippen molar-refractivity contribution in [3.8, 4) is 0 Å². The van der Waals surface area contributed by atoms with Crippen LogP contribution < -0.4 is 0 Å². The molecule has 0 amide bonds. The van der Waals surface area contributed by atoms with Crippen LogP contribution in [0.2, 0.25) is 0 Å². The van der Waals surface area contributed by atoms with Gasteiger partial charge < -0.3 is 19.7 Å². The Bertz CT molecular complexity index is 322. The number of hydrogen-bond acceptors (Lipinski definition) is 6. The maximum atomic E-state index is 11.0. The van der Waals surface area contributed by atoms with Crippen LogP contribution in [0, 0.1) is 0 Å². The molecule has 0 aromatic rings. The molecule has 0 spiro atoms. The normalized spacial score (nSPS) is 18.3. The van der Waals surface area contributed by atoms with E-state index in [-0.39, 0.29) is 25.2 Å². The second kappa shape index (κ2) is 6.36. The summed E-state index contributed by atoms with van der Waals surface area (Å²) in [5.41, 5.74) is 0.286. The van der Waals surface area contributed by atoms with E-state index in [1.54, 1.807) is 0 Å². The molecular formula is C11H16O6. The molecule has 0 unspecified atom stereocenters. The lowest BCUT2D eigenvalue weighted by Gasteiger charge is -2.17. The summed E-state index contributed by atoms with van der Waals surface area (Å²) in [7, 11) is 0. The first-order chi connectivity index (χ1) is 8.04. The first-order valence-corrected chi connectivity index (χ1v) is 5.43. The molecule has 96 valence electrons. The predicted molar refractivity (Wildman–Crippen MR) is 56.9 cm³/mol. The molecule has 0 aromatic carbocycles. The van der Waals surface area contributed by atoms with E-state index in [1.807, 2.05) is 6.92 Å². The van der Waals surface area contributed by atoms with Crippen LogP contribution in [0.5, 0.6) is 0 Å². The van der Waals surface area contributed by atoms with Crippen molar-refractivity contribution in [2.75, 3.05) is 13.2 Å². The molecule has 6 heteroatoms. The summed E-state index contributed by atoms with van der Waals surface area (Å²) in [5, 5.41) is 19.2. The molecule has 1 heterocycles. The van der Waals surface area contributed by atoms with Crippen molar-refractivity contribution in [3.63, 3.8) is 0 Å². The van der Waals surface area contributed by atoms with E-state index in [2.05, 4.69) is 4.74 Å². The van der Waals surface area contributed by atoms with Crippen LogP contribution in [0.1, 0.15) is 19.8 Å². The lowest BCUT2D eigenvalue weighted by atomic mass is 10.1. The Balaban J connectivity index is 2.37. The summed E-state index contributed by atoms with van der Waals surface area (Å²) in [4.78, 5) is 21.8. The Morgan fingerprint density at radius 2 is 2.29 bits per heavy atom. The van der Waals surface area contributed by atoms with Crippen LogP contribution >= 0.6 is 0 Å². The van der Waals surface area contributed by atoms with E-state index in [0.717, 1.165) is 6.08 Å². The van der Waals surface area contributed by atoms with Crippen LogP contribution in [0.3, 0.4) is 0 Å². The van der Waals surface area contributed by atoms with Crippen molar-refractivity contribution in [1.82, 2.24) is 0 Å². The van der Waals surface area contributed by atoms with Crippen molar-refractivity contribution in [1.29, 1.82) is 0 Å². The number of hydrogen-bond donors (Lipinski definition) is 2. The summed E-state index contributed by atoms with van der Waals surface area (Å²) in [6.07, 6.45) is -0.452. The minimum atomic E-state index is -1.25. The number of ether oxygens (including phenoxy) is 2. The molecule has 1 rings (SSSR count). The Labute approximate surface area is 98.8 Å². The van der Waals surface area contributed by atoms with Gasteiger partial charge in [-0.05, 0) is 6.42 Å². The molecule has 2 atom stereocenters. The van der Waals surface area contributed by atoms with Gasteiger partial charge in [-0.15, -0.1) is 0 Å². The van der Waals surface area contributed by atoms with Crippen molar-refractivity contribution < 1.29 is 29.3 Å². The Morgan fingerprint density at radius 3 is 2.82 bits per heavy atom. The van der Waals surface area contributed by atoms with Gasteiger partial charge >= 0.3 is 11.9 Å². The molecule has 0 aromatic heterocycles. The van der Waals surface area contributed by atoms with Crippen LogP contribution in [0.25, 0.3) is 0 Å². The second-order valence-electron chi connectivity index (χ2n) is 3.77. The third-order valence-corrected chi connectivity index (χ3v) is 2.30. The summed E-state index contributed by atoms with van der Waals surface area (Å²) < 4.78 is 9.34. The number of carbonyl (C=O) groups excluding carboxylic acids is 2. The van der Waals surface area contributed by atoms with Crippen molar-refractivity contribution in [2.24, 2.45) is 0 Å². The third-order valence-electron chi connectivity index (χ3n) is 2.30. The van der Waals surface area contributed by atoms with Gasteiger partial charge in [0, 0.05) is 18.1 Å². The van der Waals surface area contributed by atoms with E-state index in [0.29, 0.717) is 6.42 Å². The first kappa shape index (κ1) is 13.7. The molecule has 0 fully saturated rings. The van der Waals surface area contributed by atoms with Gasteiger partial charge in [0.1, 0.15) is 25.4 Å². The number of cyclic esters (lactones) is 1. The van der Waals surface area contributed by atoms with Crippen LogP contribution in [0.15, 0.2) is 11.6 Å². The fourth-order valence-electron chi connectivity index (χ4n) is 1.35. The molecular weight excluding hydrogens is 228 g/mol. The second-order valence-corrected chi connectivity index (χ2v) is 3.77. The maximum Gasteiger partial charge on any atom is 0.331 e. The number of carbonyl (C=O) groups is 2. The maximum absolute atomic E-state index is 11.0. The smallest absolute Gasteiger partial charge is 0.331 e. The summed E-state index contributed by atoms with van der Waals surface area (Å²) in [6.45, 7) is 1.49.